The Bertz CT molecular complexity index is 1100. The molecule has 1 aliphatic carbocycles. The summed E-state index contributed by atoms with van der Waals surface area (Å²) in [6.45, 7) is 2.08. The van der Waals surface area contributed by atoms with Crippen LogP contribution in [0.5, 0.6) is 0 Å². The summed E-state index contributed by atoms with van der Waals surface area (Å²) >= 11 is 1.55. The molecule has 0 N–H and O–H groups in total. The molecule has 1 saturated carbocycles. The number of aryl methyl sites for hydroxylation is 1. The molecule has 0 spiro atoms. The van der Waals surface area contributed by atoms with E-state index in [1.54, 1.807) is 24.2 Å². The summed E-state index contributed by atoms with van der Waals surface area (Å²) in [7, 11) is 0. The van der Waals surface area contributed by atoms with E-state index in [1.165, 1.54) is 0 Å². The average molecular weight is 390 g/mol. The van der Waals surface area contributed by atoms with Gasteiger partial charge in [0.25, 0.3) is 0 Å². The number of pyridine rings is 1. The summed E-state index contributed by atoms with van der Waals surface area (Å²) < 4.78 is 7.43. The molecule has 0 aliphatic heterocycles. The van der Waals surface area contributed by atoms with E-state index in [0.29, 0.717) is 17.5 Å². The lowest BCUT2D eigenvalue weighted by molar-refractivity contribution is 0.375. The Morgan fingerprint density at radius 3 is 2.82 bits per heavy atom. The van der Waals surface area contributed by atoms with Gasteiger partial charge in [-0.25, -0.2) is 0 Å². The molecule has 3 aromatic heterocycles. The highest BCUT2D eigenvalue weighted by atomic mass is 32.2. The van der Waals surface area contributed by atoms with Crippen LogP contribution in [0, 0.1) is 6.92 Å². The molecular weight excluding hydrogens is 372 g/mol. The van der Waals surface area contributed by atoms with Gasteiger partial charge in [0.2, 0.25) is 5.89 Å². The summed E-state index contributed by atoms with van der Waals surface area (Å²) in [6.07, 6.45) is 5.84. The van der Waals surface area contributed by atoms with Gasteiger partial charge in [0, 0.05) is 23.9 Å². The quantitative estimate of drug-likeness (QED) is 0.457. The van der Waals surface area contributed by atoms with Gasteiger partial charge >= 0.3 is 0 Å². The SMILES string of the molecule is Cc1ccccc1-n1c(SCc2noc(C3CC3)n2)nnc1-c1cccnc1. The van der Waals surface area contributed by atoms with Crippen molar-refractivity contribution in [2.45, 2.75) is 36.6 Å². The van der Waals surface area contributed by atoms with E-state index in [2.05, 4.69) is 48.9 Å². The maximum absolute atomic E-state index is 5.36. The fourth-order valence-corrected chi connectivity index (χ4v) is 3.82. The van der Waals surface area contributed by atoms with Crippen molar-refractivity contribution in [2.24, 2.45) is 0 Å². The van der Waals surface area contributed by atoms with E-state index in [-0.39, 0.29) is 0 Å². The Morgan fingerprint density at radius 2 is 2.04 bits per heavy atom. The second kappa shape index (κ2) is 7.20. The van der Waals surface area contributed by atoms with Crippen molar-refractivity contribution in [3.8, 4) is 17.1 Å². The van der Waals surface area contributed by atoms with Crippen molar-refractivity contribution in [3.63, 3.8) is 0 Å². The first-order chi connectivity index (χ1) is 13.8. The van der Waals surface area contributed by atoms with Crippen LogP contribution in [-0.2, 0) is 5.75 Å². The van der Waals surface area contributed by atoms with E-state index < -0.39 is 0 Å². The lowest BCUT2D eigenvalue weighted by atomic mass is 10.2. The summed E-state index contributed by atoms with van der Waals surface area (Å²) in [6, 6.07) is 12.1. The monoisotopic (exact) mass is 390 g/mol. The highest BCUT2D eigenvalue weighted by Gasteiger charge is 2.29. The van der Waals surface area contributed by atoms with Crippen LogP contribution in [0.1, 0.15) is 36.0 Å². The van der Waals surface area contributed by atoms with Gasteiger partial charge in [-0.05, 0) is 43.5 Å². The van der Waals surface area contributed by atoms with E-state index in [0.717, 1.165) is 46.5 Å². The molecule has 4 aromatic rings. The molecular formula is C20H18N6OS. The molecule has 5 rings (SSSR count). The van der Waals surface area contributed by atoms with Crippen molar-refractivity contribution in [3.05, 3.63) is 66.1 Å². The largest absolute Gasteiger partial charge is 0.339 e. The normalized spacial score (nSPS) is 13.8. The van der Waals surface area contributed by atoms with Gasteiger partial charge in [0.15, 0.2) is 16.8 Å². The summed E-state index contributed by atoms with van der Waals surface area (Å²) in [5, 5.41) is 13.8. The lowest BCUT2D eigenvalue weighted by Gasteiger charge is -2.12. The molecule has 28 heavy (non-hydrogen) atoms. The zero-order valence-corrected chi connectivity index (χ0v) is 16.1. The highest BCUT2D eigenvalue weighted by molar-refractivity contribution is 7.98. The van der Waals surface area contributed by atoms with Gasteiger partial charge in [-0.3, -0.25) is 9.55 Å². The second-order valence-electron chi connectivity index (χ2n) is 6.78. The summed E-state index contributed by atoms with van der Waals surface area (Å²) in [5.41, 5.74) is 3.10. The van der Waals surface area contributed by atoms with Crippen LogP contribution < -0.4 is 0 Å². The molecule has 3 heterocycles. The minimum absolute atomic E-state index is 0.457. The van der Waals surface area contributed by atoms with E-state index in [4.69, 9.17) is 4.52 Å². The van der Waals surface area contributed by atoms with Gasteiger partial charge < -0.3 is 4.52 Å². The molecule has 1 aliphatic rings. The minimum Gasteiger partial charge on any atom is -0.339 e. The Morgan fingerprint density at radius 1 is 1.14 bits per heavy atom. The smallest absolute Gasteiger partial charge is 0.229 e. The first-order valence-electron chi connectivity index (χ1n) is 9.16. The fraction of sp³-hybridized carbons (Fsp3) is 0.250. The van der Waals surface area contributed by atoms with Crippen LogP contribution in [0.2, 0.25) is 0 Å². The van der Waals surface area contributed by atoms with Gasteiger partial charge in [0.1, 0.15) is 0 Å². The molecule has 0 amide bonds. The topological polar surface area (TPSA) is 82.5 Å². The molecule has 140 valence electrons. The zero-order chi connectivity index (χ0) is 18.9. The van der Waals surface area contributed by atoms with Crippen molar-refractivity contribution >= 4 is 11.8 Å². The van der Waals surface area contributed by atoms with Gasteiger partial charge in [0.05, 0.1) is 11.4 Å². The van der Waals surface area contributed by atoms with Crippen molar-refractivity contribution < 1.29 is 4.52 Å². The number of benzene rings is 1. The average Bonchev–Trinajstić information content (AvgIpc) is 3.32. The molecule has 0 radical (unpaired) electrons. The lowest BCUT2D eigenvalue weighted by Crippen LogP contribution is -2.02. The van der Waals surface area contributed by atoms with Crippen molar-refractivity contribution in [1.29, 1.82) is 0 Å². The minimum atomic E-state index is 0.457. The van der Waals surface area contributed by atoms with E-state index in [9.17, 15) is 0 Å². The number of hydrogen-bond donors (Lipinski definition) is 0. The molecule has 0 atom stereocenters. The molecule has 0 saturated heterocycles. The third-order valence-electron chi connectivity index (χ3n) is 4.65. The van der Waals surface area contributed by atoms with Gasteiger partial charge in [-0.2, -0.15) is 4.98 Å². The first-order valence-corrected chi connectivity index (χ1v) is 10.2. The first kappa shape index (κ1) is 17.1. The number of para-hydroxylation sites is 1. The van der Waals surface area contributed by atoms with Crippen LogP contribution in [0.4, 0.5) is 0 Å². The number of nitrogens with zero attached hydrogens (tertiary/aromatic N) is 6. The predicted octanol–water partition coefficient (Wildman–Crippen LogP) is 4.19. The number of thioether (sulfide) groups is 1. The van der Waals surface area contributed by atoms with Crippen LogP contribution in [0.3, 0.4) is 0 Å². The Balaban J connectivity index is 1.50. The molecule has 7 nitrogen and oxygen atoms in total. The Labute approximate surface area is 166 Å². The zero-order valence-electron chi connectivity index (χ0n) is 15.3. The van der Waals surface area contributed by atoms with Crippen molar-refractivity contribution in [2.75, 3.05) is 0 Å². The molecule has 1 aromatic carbocycles. The number of rotatable bonds is 6. The third-order valence-corrected chi connectivity index (χ3v) is 5.58. The molecule has 0 unspecified atom stereocenters. The van der Waals surface area contributed by atoms with Crippen LogP contribution in [0.25, 0.3) is 17.1 Å². The number of aromatic nitrogens is 6. The Hall–Kier alpha value is -3.00. The highest BCUT2D eigenvalue weighted by Crippen LogP contribution is 2.39. The molecule has 0 bridgehead atoms. The van der Waals surface area contributed by atoms with Crippen molar-refractivity contribution in [1.82, 2.24) is 29.9 Å². The number of hydrogen-bond acceptors (Lipinski definition) is 7. The van der Waals surface area contributed by atoms with E-state index >= 15 is 0 Å². The van der Waals surface area contributed by atoms with Crippen LogP contribution in [0.15, 0.2) is 58.5 Å². The van der Waals surface area contributed by atoms with Crippen LogP contribution in [-0.4, -0.2) is 29.9 Å². The van der Waals surface area contributed by atoms with E-state index in [1.807, 2.05) is 24.3 Å². The maximum Gasteiger partial charge on any atom is 0.229 e. The summed E-state index contributed by atoms with van der Waals surface area (Å²) in [5.74, 6) is 3.24. The van der Waals surface area contributed by atoms with Crippen LogP contribution >= 0.6 is 11.8 Å². The fourth-order valence-electron chi connectivity index (χ4n) is 3.03. The maximum atomic E-state index is 5.36. The standard InChI is InChI=1S/C20H18N6OS/c1-13-5-2-3-7-16(13)26-18(15-6-4-10-21-11-15)23-24-20(26)28-12-17-22-19(27-25-17)14-8-9-14/h2-7,10-11,14H,8-9,12H2,1H3. The Kier molecular flexibility index (Phi) is 4.40. The summed E-state index contributed by atoms with van der Waals surface area (Å²) in [4.78, 5) is 8.73. The predicted molar refractivity (Wildman–Crippen MR) is 105 cm³/mol. The third kappa shape index (κ3) is 3.31. The molecule has 1 fully saturated rings. The van der Waals surface area contributed by atoms with Gasteiger partial charge in [-0.1, -0.05) is 35.1 Å². The van der Waals surface area contributed by atoms with Gasteiger partial charge in [-0.15, -0.1) is 10.2 Å². The second-order valence-corrected chi connectivity index (χ2v) is 7.72. The molecule has 8 heteroatoms.